The van der Waals surface area contributed by atoms with Crippen LogP contribution in [-0.2, 0) is 4.74 Å². The molecule has 0 fully saturated rings. The molecule has 0 saturated heterocycles. The van der Waals surface area contributed by atoms with Gasteiger partial charge in [0.15, 0.2) is 5.13 Å². The monoisotopic (exact) mass is 432 g/mol. The molecule has 0 saturated carbocycles. The Morgan fingerprint density at radius 1 is 1.23 bits per heavy atom. The molecule has 0 bridgehead atoms. The van der Waals surface area contributed by atoms with E-state index in [1.54, 1.807) is 30.3 Å². The average Bonchev–Trinajstić information content (AvgIpc) is 3.03. The van der Waals surface area contributed by atoms with Crippen molar-refractivity contribution in [2.75, 3.05) is 11.9 Å². The van der Waals surface area contributed by atoms with Gasteiger partial charge in [-0.25, -0.2) is 9.78 Å². The van der Waals surface area contributed by atoms with Crippen LogP contribution in [0.25, 0.3) is 10.2 Å². The Hall–Kier alpha value is -2.25. The Bertz CT molecular complexity index is 955. The molecular weight excluding hydrogens is 416 g/mol. The van der Waals surface area contributed by atoms with Crippen molar-refractivity contribution in [1.82, 2.24) is 4.98 Å². The van der Waals surface area contributed by atoms with E-state index in [9.17, 15) is 9.59 Å². The quantitative estimate of drug-likeness (QED) is 0.425. The van der Waals surface area contributed by atoms with Crippen molar-refractivity contribution in [3.8, 4) is 0 Å². The molecule has 134 valence electrons. The number of aromatic nitrogens is 1. The summed E-state index contributed by atoms with van der Waals surface area (Å²) in [5.41, 5.74) is 1.75. The minimum Gasteiger partial charge on any atom is -0.462 e. The number of hydrogen-bond acceptors (Lipinski definition) is 5. The van der Waals surface area contributed by atoms with Crippen molar-refractivity contribution in [3.05, 3.63) is 58.1 Å². The second-order valence-electron chi connectivity index (χ2n) is 5.62. The first-order chi connectivity index (χ1) is 12.6. The normalized spacial score (nSPS) is 10.7. The molecule has 0 atom stereocenters. The van der Waals surface area contributed by atoms with Gasteiger partial charge in [-0.3, -0.25) is 10.1 Å². The van der Waals surface area contributed by atoms with E-state index in [1.165, 1.54) is 11.3 Å². The number of ether oxygens (including phenoxy) is 1. The molecular formula is C19H17BrN2O3S. The van der Waals surface area contributed by atoms with Crippen LogP contribution in [0.4, 0.5) is 5.13 Å². The Balaban J connectivity index is 1.76. The molecule has 0 aliphatic heterocycles. The number of fused-ring (bicyclic) bond motifs is 1. The first-order valence-electron chi connectivity index (χ1n) is 8.22. The summed E-state index contributed by atoms with van der Waals surface area (Å²) in [6.45, 7) is 2.46. The zero-order chi connectivity index (χ0) is 18.5. The third-order valence-electron chi connectivity index (χ3n) is 3.69. The first-order valence-corrected chi connectivity index (χ1v) is 9.83. The lowest BCUT2D eigenvalue weighted by Crippen LogP contribution is -2.12. The number of carbonyl (C=O) groups is 2. The topological polar surface area (TPSA) is 68.3 Å². The number of carbonyl (C=O) groups excluding carboxylic acids is 2. The predicted octanol–water partition coefficient (Wildman–Crippen LogP) is 5.27. The number of halogens is 1. The second kappa shape index (κ2) is 8.42. The summed E-state index contributed by atoms with van der Waals surface area (Å²) in [5.74, 6) is -0.580. The molecule has 0 aliphatic carbocycles. The highest BCUT2D eigenvalue weighted by Crippen LogP contribution is 2.28. The molecule has 3 aromatic rings. The molecule has 1 aromatic heterocycles. The van der Waals surface area contributed by atoms with Crippen LogP contribution in [0.2, 0.25) is 0 Å². The zero-order valence-corrected chi connectivity index (χ0v) is 16.5. The Labute approximate surface area is 163 Å². The summed E-state index contributed by atoms with van der Waals surface area (Å²) in [6, 6.07) is 12.4. The highest BCUT2D eigenvalue weighted by Gasteiger charge is 2.14. The van der Waals surface area contributed by atoms with E-state index in [0.29, 0.717) is 22.9 Å². The smallest absolute Gasteiger partial charge is 0.338 e. The van der Waals surface area contributed by atoms with Crippen LogP contribution in [-0.4, -0.2) is 23.5 Å². The molecule has 1 heterocycles. The van der Waals surface area contributed by atoms with Gasteiger partial charge in [-0.05, 0) is 52.7 Å². The number of nitrogens with zero attached hydrogens (tertiary/aromatic N) is 1. The molecule has 1 amide bonds. The number of amides is 1. The van der Waals surface area contributed by atoms with Crippen molar-refractivity contribution in [1.29, 1.82) is 0 Å². The summed E-state index contributed by atoms with van der Waals surface area (Å²) in [6.07, 6.45) is 1.82. The van der Waals surface area contributed by atoms with Crippen LogP contribution >= 0.6 is 27.3 Å². The maximum Gasteiger partial charge on any atom is 0.338 e. The third-order valence-corrected chi connectivity index (χ3v) is 5.32. The van der Waals surface area contributed by atoms with Gasteiger partial charge >= 0.3 is 5.97 Å². The van der Waals surface area contributed by atoms with E-state index in [1.807, 2.05) is 19.1 Å². The SMILES string of the molecule is CCCCOC(=O)c1ccc2nc(NC(=O)c3ccccc3Br)sc2c1. The predicted molar refractivity (Wildman–Crippen MR) is 107 cm³/mol. The van der Waals surface area contributed by atoms with Gasteiger partial charge in [-0.1, -0.05) is 36.8 Å². The van der Waals surface area contributed by atoms with Gasteiger partial charge in [0.1, 0.15) is 0 Å². The fourth-order valence-corrected chi connectivity index (χ4v) is 3.67. The largest absolute Gasteiger partial charge is 0.462 e. The molecule has 1 N–H and O–H groups in total. The highest BCUT2D eigenvalue weighted by atomic mass is 79.9. The standard InChI is InChI=1S/C19H17BrN2O3S/c1-2-3-10-25-18(24)12-8-9-15-16(11-12)26-19(21-15)22-17(23)13-6-4-5-7-14(13)20/h4-9,11H,2-3,10H2,1H3,(H,21,22,23). The van der Waals surface area contributed by atoms with Crippen LogP contribution in [0.15, 0.2) is 46.9 Å². The lowest BCUT2D eigenvalue weighted by Gasteiger charge is -2.03. The minimum absolute atomic E-state index is 0.240. The molecule has 0 aliphatic rings. The molecule has 3 rings (SSSR count). The van der Waals surface area contributed by atoms with Gasteiger partial charge in [0, 0.05) is 4.47 Å². The van der Waals surface area contributed by atoms with Crippen LogP contribution in [0.5, 0.6) is 0 Å². The number of benzene rings is 2. The molecule has 2 aromatic carbocycles. The lowest BCUT2D eigenvalue weighted by atomic mass is 10.2. The Kier molecular flexibility index (Phi) is 6.00. The van der Waals surface area contributed by atoms with E-state index in [4.69, 9.17) is 4.74 Å². The van der Waals surface area contributed by atoms with Crippen molar-refractivity contribution >= 4 is 54.5 Å². The van der Waals surface area contributed by atoms with Crippen molar-refractivity contribution in [2.24, 2.45) is 0 Å². The van der Waals surface area contributed by atoms with Gasteiger partial charge in [0.25, 0.3) is 5.91 Å². The molecule has 0 spiro atoms. The number of rotatable bonds is 6. The van der Waals surface area contributed by atoms with E-state index in [-0.39, 0.29) is 11.9 Å². The van der Waals surface area contributed by atoms with Gasteiger partial charge in [0.2, 0.25) is 0 Å². The van der Waals surface area contributed by atoms with Gasteiger partial charge in [-0.15, -0.1) is 0 Å². The highest BCUT2D eigenvalue weighted by molar-refractivity contribution is 9.10. The average molecular weight is 433 g/mol. The fraction of sp³-hybridized carbons (Fsp3) is 0.211. The number of hydrogen-bond donors (Lipinski definition) is 1. The lowest BCUT2D eigenvalue weighted by molar-refractivity contribution is 0.0500. The number of anilines is 1. The summed E-state index contributed by atoms with van der Waals surface area (Å²) in [4.78, 5) is 28.8. The van der Waals surface area contributed by atoms with Gasteiger partial charge in [-0.2, -0.15) is 0 Å². The zero-order valence-electron chi connectivity index (χ0n) is 14.1. The van der Waals surface area contributed by atoms with Crippen LogP contribution < -0.4 is 5.32 Å². The second-order valence-corrected chi connectivity index (χ2v) is 7.51. The van der Waals surface area contributed by atoms with Crippen molar-refractivity contribution in [3.63, 3.8) is 0 Å². The van der Waals surface area contributed by atoms with Crippen LogP contribution in [0.3, 0.4) is 0 Å². The van der Waals surface area contributed by atoms with Gasteiger partial charge in [0.05, 0.1) is 28.0 Å². The summed E-state index contributed by atoms with van der Waals surface area (Å²) >= 11 is 4.69. The van der Waals surface area contributed by atoms with Gasteiger partial charge < -0.3 is 4.74 Å². The number of esters is 1. The van der Waals surface area contributed by atoms with Crippen molar-refractivity contribution < 1.29 is 14.3 Å². The summed E-state index contributed by atoms with van der Waals surface area (Å²) in [5, 5.41) is 3.28. The van der Waals surface area contributed by atoms with E-state index < -0.39 is 0 Å². The Morgan fingerprint density at radius 3 is 2.81 bits per heavy atom. The fourth-order valence-electron chi connectivity index (χ4n) is 2.31. The molecule has 7 heteroatoms. The molecule has 26 heavy (non-hydrogen) atoms. The van der Waals surface area contributed by atoms with E-state index in [2.05, 4.69) is 26.2 Å². The first kappa shape index (κ1) is 18.5. The van der Waals surface area contributed by atoms with Crippen LogP contribution in [0.1, 0.15) is 40.5 Å². The summed E-state index contributed by atoms with van der Waals surface area (Å²) in [7, 11) is 0. The Morgan fingerprint density at radius 2 is 2.04 bits per heavy atom. The maximum atomic E-state index is 12.4. The minimum atomic E-state index is -0.340. The number of thiazole rings is 1. The summed E-state index contributed by atoms with van der Waals surface area (Å²) < 4.78 is 6.77. The maximum absolute atomic E-state index is 12.4. The van der Waals surface area contributed by atoms with Crippen molar-refractivity contribution in [2.45, 2.75) is 19.8 Å². The van der Waals surface area contributed by atoms with E-state index in [0.717, 1.165) is 27.5 Å². The molecule has 0 unspecified atom stereocenters. The molecule has 0 radical (unpaired) electrons. The van der Waals surface area contributed by atoms with Crippen LogP contribution in [0, 0.1) is 0 Å². The van der Waals surface area contributed by atoms with E-state index >= 15 is 0 Å². The molecule has 5 nitrogen and oxygen atoms in total. The number of unbranched alkanes of at least 4 members (excludes halogenated alkanes) is 1. The number of nitrogens with one attached hydrogen (secondary N) is 1. The third kappa shape index (κ3) is 4.28.